The second-order valence-electron chi connectivity index (χ2n) is 19.7. The van der Waals surface area contributed by atoms with E-state index >= 15 is 0 Å². The lowest BCUT2D eigenvalue weighted by atomic mass is 10.0. The van der Waals surface area contributed by atoms with Crippen molar-refractivity contribution in [3.8, 4) is 5.75 Å². The smallest absolute Gasteiger partial charge is 0.415 e. The fourth-order valence-corrected chi connectivity index (χ4v) is 9.37. The van der Waals surface area contributed by atoms with Gasteiger partial charge in [-0.1, -0.05) is 68.4 Å². The average Bonchev–Trinajstić information content (AvgIpc) is 4.23. The molecule has 0 spiro atoms. The van der Waals surface area contributed by atoms with Crippen molar-refractivity contribution >= 4 is 86.5 Å². The van der Waals surface area contributed by atoms with Gasteiger partial charge in [-0.25, -0.2) is 14.4 Å². The van der Waals surface area contributed by atoms with E-state index in [1.165, 1.54) is 12.1 Å². The van der Waals surface area contributed by atoms with Crippen LogP contribution in [0.25, 0.3) is 21.7 Å². The van der Waals surface area contributed by atoms with Crippen LogP contribution in [0, 0.1) is 5.92 Å². The molecule has 9 amide bonds. The Morgan fingerprint density at radius 2 is 1.43 bits per heavy atom. The molecule has 5 aromatic carbocycles. The average molecular weight is 1080 g/mol. The third kappa shape index (κ3) is 14.9. The number of hydrogen-bond acceptors (Lipinski definition) is 12. The van der Waals surface area contributed by atoms with Gasteiger partial charge in [0.05, 0.1) is 18.3 Å². The fourth-order valence-electron chi connectivity index (χ4n) is 9.37. The molecular weight excluding hydrogens is 1010 g/mol. The van der Waals surface area contributed by atoms with Gasteiger partial charge in [0, 0.05) is 91.7 Å². The first-order chi connectivity index (χ1) is 38.1. The third-order valence-electron chi connectivity index (χ3n) is 13.7. The van der Waals surface area contributed by atoms with Gasteiger partial charge in [0.25, 0.3) is 11.8 Å². The summed E-state index contributed by atoms with van der Waals surface area (Å²) in [6.45, 7) is 6.86. The number of ether oxygens (including phenoxy) is 2. The number of anilines is 3. The molecule has 3 heterocycles. The Morgan fingerprint density at radius 3 is 2.16 bits per heavy atom. The lowest BCUT2D eigenvalue weighted by molar-refractivity contribution is -0.129. The summed E-state index contributed by atoms with van der Waals surface area (Å²) in [6, 6.07) is 29.2. The maximum atomic E-state index is 14.2. The van der Waals surface area contributed by atoms with Crippen LogP contribution in [0.4, 0.5) is 31.4 Å². The van der Waals surface area contributed by atoms with Crippen LogP contribution in [-0.2, 0) is 32.1 Å². The van der Waals surface area contributed by atoms with Crippen molar-refractivity contribution in [2.24, 2.45) is 11.7 Å². The number of nitrogens with one attached hydrogen (secondary N) is 8. The number of carbonyl (C=O) groups is 8. The van der Waals surface area contributed by atoms with E-state index in [0.717, 1.165) is 35.0 Å². The molecule has 79 heavy (non-hydrogen) atoms. The molecule has 0 bridgehead atoms. The summed E-state index contributed by atoms with van der Waals surface area (Å²) in [5, 5.41) is 21.6. The molecule has 1 saturated heterocycles. The highest BCUT2D eigenvalue weighted by atomic mass is 16.6. The van der Waals surface area contributed by atoms with Gasteiger partial charge >= 0.3 is 18.2 Å². The maximum Gasteiger partial charge on any atom is 0.415 e. The SMILES string of the molecule is CC(C)C(NCC(=O)NCCNC(=O)OCc1ccccc1)C(=O)NC(CCCNC(N)=O)C(=O)Nc1ccc(C(=O)Nc2ccc3[nH]c(C(=O)N4CCc5c4cc(OC(=O)N4CCN(C)CC4)c4ccccc54)cc3c2)cc1. The molecule has 414 valence electrons. The van der Waals surface area contributed by atoms with Crippen LogP contribution in [0.5, 0.6) is 5.75 Å². The highest BCUT2D eigenvalue weighted by Crippen LogP contribution is 2.41. The molecule has 8 rings (SSSR count). The first kappa shape index (κ1) is 56.2. The summed E-state index contributed by atoms with van der Waals surface area (Å²) in [5.74, 6) is -2.13. The van der Waals surface area contributed by atoms with Gasteiger partial charge in [-0.15, -0.1) is 0 Å². The van der Waals surface area contributed by atoms with Gasteiger partial charge < -0.3 is 66.8 Å². The minimum atomic E-state index is -1.07. The third-order valence-corrected chi connectivity index (χ3v) is 13.7. The number of urea groups is 1. The minimum Gasteiger partial charge on any atom is -0.445 e. The second kappa shape index (κ2) is 26.4. The number of hydrogen-bond donors (Lipinski definition) is 9. The molecule has 1 fully saturated rings. The summed E-state index contributed by atoms with van der Waals surface area (Å²) in [7, 11) is 2.02. The van der Waals surface area contributed by atoms with Gasteiger partial charge in [-0.05, 0) is 97.3 Å². The van der Waals surface area contributed by atoms with Gasteiger partial charge in [0.1, 0.15) is 24.1 Å². The summed E-state index contributed by atoms with van der Waals surface area (Å²) in [5.41, 5.74) is 9.86. The Hall–Kier alpha value is -9.02. The second-order valence-corrected chi connectivity index (χ2v) is 19.7. The summed E-state index contributed by atoms with van der Waals surface area (Å²) in [6.07, 6.45) is -0.0374. The number of fused-ring (bicyclic) bond motifs is 4. The highest BCUT2D eigenvalue weighted by molar-refractivity contribution is 6.12. The standard InChI is InChI=1S/C57H66N12O10/c1-35(2)50(62-33-49(70)59-23-24-61-56(76)78-34-36-10-5-4-6-11-36)53(73)66-45(14-9-22-60-55(58)75)52(72)63-39-17-15-37(16-18-39)51(71)64-40-19-20-44-38(30-40)31-46(65-44)54(74)69-25-21-42-41-12-7-8-13-43(41)48(32-47(42)69)79-57(77)68-28-26-67(3)27-29-68/h4-8,10-13,15-20,30-32,35,45,50,62,65H,9,14,21-29,33-34H2,1-3H3,(H,59,70)(H,61,76)(H,63,72)(H,64,71)(H,66,73)(H3,58,60,75). The van der Waals surface area contributed by atoms with E-state index in [9.17, 15) is 38.4 Å². The maximum absolute atomic E-state index is 14.2. The van der Waals surface area contributed by atoms with Crippen LogP contribution in [0.3, 0.4) is 0 Å². The number of rotatable bonds is 21. The molecule has 22 heteroatoms. The molecular formula is C57H66N12O10. The first-order valence-electron chi connectivity index (χ1n) is 26.2. The number of H-pyrrole nitrogens is 1. The van der Waals surface area contributed by atoms with E-state index in [4.69, 9.17) is 15.2 Å². The highest BCUT2D eigenvalue weighted by Gasteiger charge is 2.32. The van der Waals surface area contributed by atoms with Gasteiger partial charge in [0.15, 0.2) is 0 Å². The van der Waals surface area contributed by atoms with E-state index in [0.29, 0.717) is 65.5 Å². The van der Waals surface area contributed by atoms with Gasteiger partial charge in [-0.3, -0.25) is 29.3 Å². The number of carbonyl (C=O) groups excluding carboxylic acids is 8. The van der Waals surface area contributed by atoms with Crippen LogP contribution >= 0.6 is 0 Å². The monoisotopic (exact) mass is 1080 g/mol. The molecule has 6 aromatic rings. The Labute approximate surface area is 456 Å². The molecule has 22 nitrogen and oxygen atoms in total. The van der Waals surface area contributed by atoms with Crippen molar-refractivity contribution in [1.29, 1.82) is 0 Å². The minimum absolute atomic E-state index is 0.103. The largest absolute Gasteiger partial charge is 0.445 e. The topological polar surface area (TPSA) is 291 Å². The molecule has 2 atom stereocenters. The molecule has 0 saturated carbocycles. The van der Waals surface area contributed by atoms with Crippen molar-refractivity contribution in [3.63, 3.8) is 0 Å². The van der Waals surface area contributed by atoms with E-state index < -0.39 is 53.9 Å². The molecule has 0 aliphatic carbocycles. The summed E-state index contributed by atoms with van der Waals surface area (Å²) >= 11 is 0. The number of nitrogens with zero attached hydrogens (tertiary/aromatic N) is 3. The molecule has 2 aliphatic rings. The molecule has 2 unspecified atom stereocenters. The number of aromatic nitrogens is 1. The predicted molar refractivity (Wildman–Crippen MR) is 299 cm³/mol. The van der Waals surface area contributed by atoms with E-state index in [1.807, 2.05) is 61.6 Å². The zero-order chi connectivity index (χ0) is 56.0. The fraction of sp³-hybridized carbons (Fsp3) is 0.333. The number of aromatic amines is 1. The molecule has 2 aliphatic heterocycles. The van der Waals surface area contributed by atoms with Crippen LogP contribution in [0.15, 0.2) is 109 Å². The van der Waals surface area contributed by atoms with Crippen LogP contribution in [0.2, 0.25) is 0 Å². The zero-order valence-electron chi connectivity index (χ0n) is 44.3. The van der Waals surface area contributed by atoms with Crippen molar-refractivity contribution in [1.82, 2.24) is 41.4 Å². The Balaban J connectivity index is 0.845. The number of alkyl carbamates (subject to hydrolysis) is 1. The first-order valence-corrected chi connectivity index (χ1v) is 26.2. The summed E-state index contributed by atoms with van der Waals surface area (Å²) in [4.78, 5) is 113. The lowest BCUT2D eigenvalue weighted by Crippen LogP contribution is -2.55. The summed E-state index contributed by atoms with van der Waals surface area (Å²) < 4.78 is 11.2. The Morgan fingerprint density at radius 1 is 0.722 bits per heavy atom. The van der Waals surface area contributed by atoms with Gasteiger partial charge in [0.2, 0.25) is 17.7 Å². The van der Waals surface area contributed by atoms with Crippen molar-refractivity contribution in [2.45, 2.75) is 51.8 Å². The van der Waals surface area contributed by atoms with Crippen LogP contribution < -0.4 is 52.6 Å². The zero-order valence-corrected chi connectivity index (χ0v) is 44.3. The number of likely N-dealkylation sites (N-methyl/N-ethyl adjacent to an activating group) is 1. The number of primary amides is 1. The molecule has 10 N–H and O–H groups in total. The number of amides is 9. The van der Waals surface area contributed by atoms with Gasteiger partial charge in [-0.2, -0.15) is 0 Å². The Bertz CT molecular complexity index is 3200. The van der Waals surface area contributed by atoms with Crippen LogP contribution in [-0.4, -0.2) is 141 Å². The van der Waals surface area contributed by atoms with E-state index in [-0.39, 0.29) is 63.0 Å². The quantitative estimate of drug-likeness (QED) is 0.0428. The number of nitrogens with two attached hydrogens (primary N) is 1. The number of benzene rings is 5. The van der Waals surface area contributed by atoms with Crippen molar-refractivity contribution in [3.05, 3.63) is 132 Å². The number of piperazine rings is 1. The Kier molecular flexibility index (Phi) is 18.7. The molecule has 0 radical (unpaired) electrons. The predicted octanol–water partition coefficient (Wildman–Crippen LogP) is 5.05. The lowest BCUT2D eigenvalue weighted by Gasteiger charge is -2.31. The van der Waals surface area contributed by atoms with Crippen molar-refractivity contribution < 1.29 is 47.8 Å². The van der Waals surface area contributed by atoms with Crippen molar-refractivity contribution in [2.75, 3.05) is 81.5 Å². The van der Waals surface area contributed by atoms with Crippen LogP contribution in [0.1, 0.15) is 58.7 Å². The molecule has 1 aromatic heterocycles. The van der Waals surface area contributed by atoms with E-state index in [2.05, 4.69) is 47.1 Å². The van der Waals surface area contributed by atoms with E-state index in [1.54, 1.807) is 66.1 Å². The normalized spacial score (nSPS) is 14.0.